The molecule has 7 heteroatoms. The molecule has 0 aromatic heterocycles. The first-order valence-electron chi connectivity index (χ1n) is 7.38. The number of rotatable bonds is 4. The van der Waals surface area contributed by atoms with Crippen molar-refractivity contribution in [3.8, 4) is 0 Å². The Labute approximate surface area is 210 Å². The van der Waals surface area contributed by atoms with Gasteiger partial charge in [-0.25, -0.2) is 8.42 Å². The molecule has 0 amide bonds. The Kier molecular flexibility index (Phi) is 11.5. The molecule has 0 fully saturated rings. The molecule has 2 rings (SSSR count). The normalized spacial score (nSPS) is 12.7. The van der Waals surface area contributed by atoms with Crippen LogP contribution in [-0.2, 0) is 25.8 Å². The maximum absolute atomic E-state index is 12.6. The van der Waals surface area contributed by atoms with Crippen LogP contribution in [0.25, 0.3) is 0 Å². The molecule has 0 spiro atoms. The molecule has 0 aliphatic carbocycles. The Balaban J connectivity index is 0.00000288. The van der Waals surface area contributed by atoms with E-state index in [0.29, 0.717) is 9.79 Å². The van der Waals surface area contributed by atoms with E-state index in [-0.39, 0.29) is 70.2 Å². The summed E-state index contributed by atoms with van der Waals surface area (Å²) in [6.07, 6.45) is 0. The SMILES string of the molecule is Cc1cc(C)c(S(=O)OS(=O)c2c(C)cc(C)cc2C)c(C)c1.[KH].[LiH]. The van der Waals surface area contributed by atoms with E-state index in [1.54, 1.807) is 0 Å². The molecule has 0 unspecified atom stereocenters. The summed E-state index contributed by atoms with van der Waals surface area (Å²) in [7, 11) is 0. The fourth-order valence-electron chi connectivity index (χ4n) is 2.98. The van der Waals surface area contributed by atoms with Gasteiger partial charge in [-0.1, -0.05) is 35.4 Å². The van der Waals surface area contributed by atoms with Gasteiger partial charge < -0.3 is 0 Å². The first kappa shape index (κ1) is 25.9. The second-order valence-electron chi connectivity index (χ2n) is 5.99. The van der Waals surface area contributed by atoms with E-state index in [1.807, 2.05) is 65.8 Å². The van der Waals surface area contributed by atoms with Gasteiger partial charge in [0.1, 0.15) is 0 Å². The molecule has 0 atom stereocenters. The van der Waals surface area contributed by atoms with Gasteiger partial charge in [-0.05, 0) is 63.8 Å². The molecule has 0 aliphatic heterocycles. The summed E-state index contributed by atoms with van der Waals surface area (Å²) >= 11 is -3.53. The van der Waals surface area contributed by atoms with Crippen LogP contribution in [0, 0.1) is 41.5 Å². The fraction of sp³-hybridized carbons (Fsp3) is 0.333. The van der Waals surface area contributed by atoms with Gasteiger partial charge >= 0.3 is 70.2 Å². The molecule has 0 saturated carbocycles. The topological polar surface area (TPSA) is 43.4 Å². The van der Waals surface area contributed by atoms with Crippen molar-refractivity contribution in [2.75, 3.05) is 0 Å². The van der Waals surface area contributed by atoms with Crippen molar-refractivity contribution in [1.29, 1.82) is 0 Å². The molecule has 0 radical (unpaired) electrons. The van der Waals surface area contributed by atoms with Crippen LogP contribution >= 0.6 is 0 Å². The standard InChI is InChI=1S/C18H22O3S2.K.Li.2H/c1-11-7-13(3)17(14(4)8-11)22(19)21-23(20)18-15(5)9-12(2)10-16(18)6;;;;/h7-10H,1-6H3;;;;. The van der Waals surface area contributed by atoms with Crippen LogP contribution < -0.4 is 0 Å². The molecule has 0 heterocycles. The average molecular weight is 399 g/mol. The zero-order valence-electron chi connectivity index (χ0n) is 14.4. The van der Waals surface area contributed by atoms with Gasteiger partial charge in [0.25, 0.3) is 0 Å². The van der Waals surface area contributed by atoms with Crippen molar-refractivity contribution in [1.82, 2.24) is 0 Å². The zero-order valence-corrected chi connectivity index (χ0v) is 16.0. The van der Waals surface area contributed by atoms with Crippen molar-refractivity contribution >= 4 is 92.4 Å². The van der Waals surface area contributed by atoms with Gasteiger partial charge in [0.2, 0.25) is 22.2 Å². The minimum absolute atomic E-state index is 0. The predicted molar refractivity (Wildman–Crippen MR) is 110 cm³/mol. The Morgan fingerprint density at radius 3 is 1.12 bits per heavy atom. The molecule has 2 aromatic rings. The molecule has 0 saturated heterocycles. The number of hydrogen-bond donors (Lipinski definition) is 0. The van der Waals surface area contributed by atoms with Gasteiger partial charge in [-0.2, -0.15) is 3.63 Å². The van der Waals surface area contributed by atoms with Crippen molar-refractivity contribution in [2.45, 2.75) is 51.3 Å². The summed E-state index contributed by atoms with van der Waals surface area (Å²) in [6, 6.07) is 7.81. The molecular weight excluding hydrogens is 374 g/mol. The van der Waals surface area contributed by atoms with E-state index in [1.165, 1.54) is 0 Å². The van der Waals surface area contributed by atoms with Gasteiger partial charge in [-0.3, -0.25) is 0 Å². The Morgan fingerprint density at radius 1 is 0.640 bits per heavy atom. The summed E-state index contributed by atoms with van der Waals surface area (Å²) < 4.78 is 30.5. The second-order valence-corrected chi connectivity index (χ2v) is 8.29. The molecule has 0 aliphatic rings. The number of benzene rings is 2. The molecule has 25 heavy (non-hydrogen) atoms. The van der Waals surface area contributed by atoms with Crippen molar-refractivity contribution in [3.05, 3.63) is 57.6 Å². The van der Waals surface area contributed by atoms with Crippen molar-refractivity contribution < 1.29 is 12.0 Å². The molecule has 128 valence electrons. The summed E-state index contributed by atoms with van der Waals surface area (Å²) in [5, 5.41) is 0. The first-order chi connectivity index (χ1) is 10.7. The quantitative estimate of drug-likeness (QED) is 0.744. The predicted octanol–water partition coefficient (Wildman–Crippen LogP) is 3.00. The summed E-state index contributed by atoms with van der Waals surface area (Å²) in [5.41, 5.74) is 5.75. The van der Waals surface area contributed by atoms with Gasteiger partial charge in [0.15, 0.2) is 0 Å². The third-order valence-electron chi connectivity index (χ3n) is 3.67. The van der Waals surface area contributed by atoms with E-state index in [2.05, 4.69) is 0 Å². The van der Waals surface area contributed by atoms with Crippen LogP contribution in [-0.4, -0.2) is 78.7 Å². The molecule has 0 bridgehead atoms. The van der Waals surface area contributed by atoms with Crippen LogP contribution in [0.3, 0.4) is 0 Å². The van der Waals surface area contributed by atoms with Crippen LogP contribution in [0.4, 0.5) is 0 Å². The summed E-state index contributed by atoms with van der Waals surface area (Å²) in [6.45, 7) is 11.5. The average Bonchev–Trinajstić information content (AvgIpc) is 2.35. The summed E-state index contributed by atoms with van der Waals surface area (Å²) in [4.78, 5) is 1.21. The molecule has 3 nitrogen and oxygen atoms in total. The van der Waals surface area contributed by atoms with E-state index < -0.39 is 22.2 Å². The third-order valence-corrected chi connectivity index (χ3v) is 6.61. The van der Waals surface area contributed by atoms with E-state index >= 15 is 0 Å². The molecule has 2 aromatic carbocycles. The number of hydrogen-bond acceptors (Lipinski definition) is 3. The Bertz CT molecular complexity index is 708. The van der Waals surface area contributed by atoms with E-state index in [9.17, 15) is 8.42 Å². The Morgan fingerprint density at radius 2 is 0.880 bits per heavy atom. The minimum atomic E-state index is -1.77. The van der Waals surface area contributed by atoms with Crippen molar-refractivity contribution in [3.63, 3.8) is 0 Å². The summed E-state index contributed by atoms with van der Waals surface area (Å²) in [5.74, 6) is 0. The molecule has 0 N–H and O–H groups in total. The van der Waals surface area contributed by atoms with E-state index in [4.69, 9.17) is 3.63 Å². The number of aryl methyl sites for hydroxylation is 6. The van der Waals surface area contributed by atoms with Crippen LogP contribution in [0.5, 0.6) is 0 Å². The van der Waals surface area contributed by atoms with Gasteiger partial charge in [0.05, 0.1) is 9.79 Å². The van der Waals surface area contributed by atoms with Gasteiger partial charge in [0, 0.05) is 0 Å². The van der Waals surface area contributed by atoms with Crippen LogP contribution in [0.15, 0.2) is 34.1 Å². The fourth-order valence-corrected chi connectivity index (χ4v) is 5.26. The third kappa shape index (κ3) is 6.50. The maximum atomic E-state index is 12.6. The van der Waals surface area contributed by atoms with E-state index in [0.717, 1.165) is 33.4 Å². The van der Waals surface area contributed by atoms with Crippen LogP contribution in [0.2, 0.25) is 0 Å². The zero-order chi connectivity index (χ0) is 17.3. The van der Waals surface area contributed by atoms with Gasteiger partial charge in [-0.15, -0.1) is 0 Å². The molecular formula is C18H24KLiO3S2. The Hall–Kier alpha value is 0.934. The first-order valence-corrected chi connectivity index (χ1v) is 9.53. The van der Waals surface area contributed by atoms with Crippen molar-refractivity contribution in [2.24, 2.45) is 0 Å². The van der Waals surface area contributed by atoms with Crippen LogP contribution in [0.1, 0.15) is 33.4 Å². The monoisotopic (exact) mass is 398 g/mol. The second kappa shape index (κ2) is 11.1.